The molecule has 0 radical (unpaired) electrons. The molecule has 0 aromatic rings. The first-order valence-electron chi connectivity index (χ1n) is 4.35. The predicted molar refractivity (Wildman–Crippen MR) is 42.3 cm³/mol. The summed E-state index contributed by atoms with van der Waals surface area (Å²) in [6.07, 6.45) is 5.43. The Kier molecular flexibility index (Phi) is 1.74. The van der Waals surface area contributed by atoms with Crippen molar-refractivity contribution < 1.29 is 9.84 Å². The Hall–Kier alpha value is -0.340. The summed E-state index contributed by atoms with van der Waals surface area (Å²) in [5.74, 6) is 0. The van der Waals surface area contributed by atoms with Gasteiger partial charge in [0.2, 0.25) is 0 Å². The lowest BCUT2D eigenvalue weighted by atomic mass is 10.1. The van der Waals surface area contributed by atoms with E-state index < -0.39 is 0 Å². The molecule has 3 unspecified atom stereocenters. The highest BCUT2D eigenvalue weighted by molar-refractivity contribution is 5.20. The normalized spacial score (nSPS) is 42.4. The Bertz CT molecular complexity index is 186. The number of epoxide rings is 1. The van der Waals surface area contributed by atoms with Crippen LogP contribution in [0.4, 0.5) is 0 Å². The maximum absolute atomic E-state index is 9.40. The minimum Gasteiger partial charge on any atom is -0.389 e. The molecule has 1 heterocycles. The van der Waals surface area contributed by atoms with Gasteiger partial charge in [0.1, 0.15) is 6.10 Å². The van der Waals surface area contributed by atoms with E-state index >= 15 is 0 Å². The van der Waals surface area contributed by atoms with Crippen LogP contribution in [0.15, 0.2) is 11.6 Å². The lowest BCUT2D eigenvalue weighted by Crippen LogP contribution is -2.02. The smallest absolute Gasteiger partial charge is 0.105 e. The number of hydrogen-bond donors (Lipinski definition) is 1. The van der Waals surface area contributed by atoms with Gasteiger partial charge in [-0.15, -0.1) is 0 Å². The third-order valence-electron chi connectivity index (χ3n) is 2.51. The molecule has 0 spiro atoms. The minimum absolute atomic E-state index is 0.221. The Balaban J connectivity index is 2.11. The van der Waals surface area contributed by atoms with Gasteiger partial charge in [0.25, 0.3) is 0 Å². The zero-order valence-electron chi connectivity index (χ0n) is 6.79. The van der Waals surface area contributed by atoms with Crippen LogP contribution in [0.5, 0.6) is 0 Å². The molecular weight excluding hydrogens is 140 g/mol. The van der Waals surface area contributed by atoms with E-state index in [9.17, 15) is 5.11 Å². The summed E-state index contributed by atoms with van der Waals surface area (Å²) >= 11 is 0. The van der Waals surface area contributed by atoms with Crippen molar-refractivity contribution in [1.82, 2.24) is 0 Å². The van der Waals surface area contributed by atoms with Gasteiger partial charge in [-0.05, 0) is 24.8 Å². The third kappa shape index (κ3) is 1.33. The van der Waals surface area contributed by atoms with Crippen LogP contribution in [0, 0.1) is 0 Å². The molecule has 2 aliphatic rings. The monoisotopic (exact) mass is 154 g/mol. The molecule has 1 saturated heterocycles. The summed E-state index contributed by atoms with van der Waals surface area (Å²) in [4.78, 5) is 0. The second-order valence-corrected chi connectivity index (χ2v) is 3.33. The van der Waals surface area contributed by atoms with Crippen molar-refractivity contribution in [3.05, 3.63) is 11.6 Å². The van der Waals surface area contributed by atoms with Crippen LogP contribution in [-0.4, -0.2) is 23.4 Å². The SMILES string of the molecule is CCC1=CC(O)CCC2OC12. The zero-order chi connectivity index (χ0) is 7.84. The van der Waals surface area contributed by atoms with Gasteiger partial charge in [-0.2, -0.15) is 0 Å². The third-order valence-corrected chi connectivity index (χ3v) is 2.51. The largest absolute Gasteiger partial charge is 0.389 e. The van der Waals surface area contributed by atoms with Crippen molar-refractivity contribution in [3.8, 4) is 0 Å². The van der Waals surface area contributed by atoms with Gasteiger partial charge in [0.05, 0.1) is 12.2 Å². The van der Waals surface area contributed by atoms with E-state index in [4.69, 9.17) is 4.74 Å². The van der Waals surface area contributed by atoms with Crippen molar-refractivity contribution in [2.45, 2.75) is 44.5 Å². The average Bonchev–Trinajstić information content (AvgIpc) is 2.73. The van der Waals surface area contributed by atoms with Gasteiger partial charge in [0, 0.05) is 0 Å². The van der Waals surface area contributed by atoms with Crippen molar-refractivity contribution in [2.24, 2.45) is 0 Å². The lowest BCUT2D eigenvalue weighted by molar-refractivity contribution is 0.200. The number of ether oxygens (including phenoxy) is 1. The molecule has 1 fully saturated rings. The molecule has 1 aliphatic heterocycles. The van der Waals surface area contributed by atoms with Gasteiger partial charge in [0.15, 0.2) is 0 Å². The van der Waals surface area contributed by atoms with E-state index in [-0.39, 0.29) is 6.10 Å². The van der Waals surface area contributed by atoms with Crippen LogP contribution >= 0.6 is 0 Å². The van der Waals surface area contributed by atoms with Crippen LogP contribution in [0.1, 0.15) is 26.2 Å². The number of aliphatic hydroxyl groups is 1. The van der Waals surface area contributed by atoms with E-state index in [2.05, 4.69) is 6.92 Å². The van der Waals surface area contributed by atoms with E-state index in [0.29, 0.717) is 12.2 Å². The number of fused-ring (bicyclic) bond motifs is 1. The van der Waals surface area contributed by atoms with Gasteiger partial charge < -0.3 is 9.84 Å². The average molecular weight is 154 g/mol. The Morgan fingerprint density at radius 3 is 3.18 bits per heavy atom. The molecule has 3 atom stereocenters. The molecule has 2 heteroatoms. The van der Waals surface area contributed by atoms with Crippen LogP contribution in [0.2, 0.25) is 0 Å². The number of hydrogen-bond acceptors (Lipinski definition) is 2. The molecule has 0 saturated carbocycles. The summed E-state index contributed by atoms with van der Waals surface area (Å²) in [6.45, 7) is 2.11. The van der Waals surface area contributed by atoms with E-state index in [1.807, 2.05) is 6.08 Å². The fourth-order valence-electron chi connectivity index (χ4n) is 1.77. The fourth-order valence-corrected chi connectivity index (χ4v) is 1.77. The van der Waals surface area contributed by atoms with E-state index in [1.165, 1.54) is 5.57 Å². The molecule has 0 amide bonds. The molecule has 0 aromatic carbocycles. The molecular formula is C9H14O2. The van der Waals surface area contributed by atoms with Crippen molar-refractivity contribution >= 4 is 0 Å². The fraction of sp³-hybridized carbons (Fsp3) is 0.778. The van der Waals surface area contributed by atoms with E-state index in [0.717, 1.165) is 19.3 Å². The standard InChI is InChI=1S/C9H14O2/c1-2-6-5-7(10)3-4-8-9(6)11-8/h5,7-10H,2-4H2,1H3. The maximum atomic E-state index is 9.40. The first-order chi connectivity index (χ1) is 5.31. The quantitative estimate of drug-likeness (QED) is 0.455. The summed E-state index contributed by atoms with van der Waals surface area (Å²) in [6, 6.07) is 0. The Morgan fingerprint density at radius 1 is 1.64 bits per heavy atom. The summed E-state index contributed by atoms with van der Waals surface area (Å²) in [5.41, 5.74) is 1.29. The topological polar surface area (TPSA) is 32.8 Å². The first-order valence-corrected chi connectivity index (χ1v) is 4.35. The molecule has 1 N–H and O–H groups in total. The van der Waals surface area contributed by atoms with Gasteiger partial charge in [-0.3, -0.25) is 0 Å². The highest BCUT2D eigenvalue weighted by Crippen LogP contribution is 2.37. The molecule has 62 valence electrons. The summed E-state index contributed by atoms with van der Waals surface area (Å²) in [7, 11) is 0. The molecule has 2 nitrogen and oxygen atoms in total. The van der Waals surface area contributed by atoms with Crippen molar-refractivity contribution in [1.29, 1.82) is 0 Å². The van der Waals surface area contributed by atoms with Crippen LogP contribution in [-0.2, 0) is 4.74 Å². The minimum atomic E-state index is -0.221. The maximum Gasteiger partial charge on any atom is 0.105 e. The molecule has 0 bridgehead atoms. The molecule has 1 aliphatic carbocycles. The lowest BCUT2D eigenvalue weighted by Gasteiger charge is -2.03. The van der Waals surface area contributed by atoms with Gasteiger partial charge in [-0.25, -0.2) is 0 Å². The Morgan fingerprint density at radius 2 is 2.45 bits per heavy atom. The molecule has 11 heavy (non-hydrogen) atoms. The second kappa shape index (κ2) is 2.61. The van der Waals surface area contributed by atoms with Crippen molar-refractivity contribution in [2.75, 3.05) is 0 Å². The number of aliphatic hydroxyl groups excluding tert-OH is 1. The molecule has 2 rings (SSSR count). The Labute approximate surface area is 66.9 Å². The van der Waals surface area contributed by atoms with Gasteiger partial charge >= 0.3 is 0 Å². The summed E-state index contributed by atoms with van der Waals surface area (Å²) in [5, 5.41) is 9.40. The van der Waals surface area contributed by atoms with Gasteiger partial charge in [-0.1, -0.05) is 13.0 Å². The zero-order valence-corrected chi connectivity index (χ0v) is 6.79. The number of rotatable bonds is 1. The van der Waals surface area contributed by atoms with Crippen molar-refractivity contribution in [3.63, 3.8) is 0 Å². The highest BCUT2D eigenvalue weighted by atomic mass is 16.6. The molecule has 0 aromatic heterocycles. The second-order valence-electron chi connectivity index (χ2n) is 3.33. The first kappa shape index (κ1) is 7.32. The van der Waals surface area contributed by atoms with Crippen LogP contribution in [0.3, 0.4) is 0 Å². The van der Waals surface area contributed by atoms with E-state index in [1.54, 1.807) is 0 Å². The predicted octanol–water partition coefficient (Wildman–Crippen LogP) is 1.24. The highest BCUT2D eigenvalue weighted by Gasteiger charge is 2.42. The summed E-state index contributed by atoms with van der Waals surface area (Å²) < 4.78 is 5.43. The van der Waals surface area contributed by atoms with Crippen LogP contribution in [0.25, 0.3) is 0 Å². The van der Waals surface area contributed by atoms with Crippen LogP contribution < -0.4 is 0 Å².